The van der Waals surface area contributed by atoms with E-state index < -0.39 is 17.5 Å². The van der Waals surface area contributed by atoms with Gasteiger partial charge in [-0.2, -0.15) is 0 Å². The van der Waals surface area contributed by atoms with E-state index >= 15 is 0 Å². The predicted octanol–water partition coefficient (Wildman–Crippen LogP) is 3.72. The number of ketones is 1. The van der Waals surface area contributed by atoms with Crippen molar-refractivity contribution < 1.29 is 14.4 Å². The van der Waals surface area contributed by atoms with Gasteiger partial charge in [0.15, 0.2) is 5.78 Å². The fourth-order valence-electron chi connectivity index (χ4n) is 3.08. The van der Waals surface area contributed by atoms with Gasteiger partial charge in [0, 0.05) is 10.0 Å². The Bertz CT molecular complexity index is 908. The number of aryl methyl sites for hydroxylation is 2. The van der Waals surface area contributed by atoms with Gasteiger partial charge in [0.2, 0.25) is 0 Å². The Kier molecular flexibility index (Phi) is 4.71. The van der Waals surface area contributed by atoms with Crippen molar-refractivity contribution in [1.29, 1.82) is 0 Å². The number of Topliss-reactive ketones (excluding diaryl/α,β-unsaturated/α-hetero) is 1. The maximum absolute atomic E-state index is 12.9. The van der Waals surface area contributed by atoms with Gasteiger partial charge in [0.05, 0.1) is 6.54 Å². The lowest BCUT2D eigenvalue weighted by Gasteiger charge is -2.22. The molecule has 1 heterocycles. The van der Waals surface area contributed by atoms with Crippen LogP contribution in [0, 0.1) is 13.8 Å². The van der Waals surface area contributed by atoms with Gasteiger partial charge in [-0.1, -0.05) is 45.8 Å². The van der Waals surface area contributed by atoms with Gasteiger partial charge in [0.1, 0.15) is 5.54 Å². The Hall–Kier alpha value is -2.47. The van der Waals surface area contributed by atoms with Crippen molar-refractivity contribution in [2.45, 2.75) is 26.3 Å². The molecular formula is C20H19BrN2O3. The first-order valence-electron chi connectivity index (χ1n) is 8.23. The molecule has 26 heavy (non-hydrogen) atoms. The molecule has 1 aliphatic heterocycles. The predicted molar refractivity (Wildman–Crippen MR) is 102 cm³/mol. The first kappa shape index (κ1) is 18.3. The SMILES string of the molecule is Cc1ccc(C)c(C(=O)CN2C(=O)N[C@](C)(c3ccc(Br)cc3)C2=O)c1. The van der Waals surface area contributed by atoms with Crippen LogP contribution in [0.25, 0.3) is 0 Å². The summed E-state index contributed by atoms with van der Waals surface area (Å²) in [4.78, 5) is 39.0. The van der Waals surface area contributed by atoms with E-state index in [1.165, 1.54) is 0 Å². The number of urea groups is 1. The van der Waals surface area contributed by atoms with E-state index in [2.05, 4.69) is 21.2 Å². The van der Waals surface area contributed by atoms with Crippen molar-refractivity contribution in [1.82, 2.24) is 10.2 Å². The van der Waals surface area contributed by atoms with Gasteiger partial charge in [-0.25, -0.2) is 4.79 Å². The second-order valence-corrected chi connectivity index (χ2v) is 7.61. The summed E-state index contributed by atoms with van der Waals surface area (Å²) in [6.45, 7) is 5.11. The smallest absolute Gasteiger partial charge is 0.319 e. The number of halogens is 1. The molecule has 6 heteroatoms. The molecule has 0 saturated carbocycles. The van der Waals surface area contributed by atoms with E-state index in [0.717, 1.165) is 20.5 Å². The maximum atomic E-state index is 12.9. The number of rotatable bonds is 4. The average molecular weight is 415 g/mol. The van der Waals surface area contributed by atoms with E-state index in [0.29, 0.717) is 11.1 Å². The van der Waals surface area contributed by atoms with Crippen LogP contribution in [-0.4, -0.2) is 29.2 Å². The fraction of sp³-hybridized carbons (Fsp3) is 0.250. The molecule has 1 fully saturated rings. The van der Waals surface area contributed by atoms with Crippen LogP contribution >= 0.6 is 15.9 Å². The van der Waals surface area contributed by atoms with E-state index in [9.17, 15) is 14.4 Å². The molecule has 5 nitrogen and oxygen atoms in total. The van der Waals surface area contributed by atoms with Gasteiger partial charge in [0.25, 0.3) is 5.91 Å². The normalized spacial score (nSPS) is 19.6. The molecule has 0 spiro atoms. The molecule has 0 radical (unpaired) electrons. The lowest BCUT2D eigenvalue weighted by Crippen LogP contribution is -2.41. The van der Waals surface area contributed by atoms with Crippen LogP contribution in [0.1, 0.15) is 34.0 Å². The van der Waals surface area contributed by atoms with E-state index in [-0.39, 0.29) is 12.3 Å². The van der Waals surface area contributed by atoms with Crippen molar-refractivity contribution in [2.24, 2.45) is 0 Å². The fourth-order valence-corrected chi connectivity index (χ4v) is 3.35. The van der Waals surface area contributed by atoms with Gasteiger partial charge in [-0.05, 0) is 50.1 Å². The second-order valence-electron chi connectivity index (χ2n) is 6.69. The average Bonchev–Trinajstić information content (AvgIpc) is 2.81. The molecular weight excluding hydrogens is 396 g/mol. The monoisotopic (exact) mass is 414 g/mol. The van der Waals surface area contributed by atoms with Crippen molar-refractivity contribution in [3.63, 3.8) is 0 Å². The van der Waals surface area contributed by atoms with Crippen molar-refractivity contribution in [2.75, 3.05) is 6.54 Å². The molecule has 1 saturated heterocycles. The highest BCUT2D eigenvalue weighted by atomic mass is 79.9. The van der Waals surface area contributed by atoms with Crippen LogP contribution in [0.5, 0.6) is 0 Å². The molecule has 2 aromatic carbocycles. The summed E-state index contributed by atoms with van der Waals surface area (Å²) in [6.07, 6.45) is 0. The zero-order chi connectivity index (χ0) is 19.1. The number of carbonyl (C=O) groups excluding carboxylic acids is 3. The van der Waals surface area contributed by atoms with Gasteiger partial charge >= 0.3 is 6.03 Å². The number of hydrogen-bond acceptors (Lipinski definition) is 3. The van der Waals surface area contributed by atoms with Gasteiger partial charge < -0.3 is 5.32 Å². The van der Waals surface area contributed by atoms with Crippen molar-refractivity contribution in [3.8, 4) is 0 Å². The number of nitrogens with zero attached hydrogens (tertiary/aromatic N) is 1. The standard InChI is InChI=1S/C20H19BrN2O3/c1-12-4-5-13(2)16(10-12)17(24)11-23-18(25)20(3,22-19(23)26)14-6-8-15(21)9-7-14/h4-10H,11H2,1-3H3,(H,22,26)/t20-/m1/s1. The summed E-state index contributed by atoms with van der Waals surface area (Å²) < 4.78 is 0.878. The summed E-state index contributed by atoms with van der Waals surface area (Å²) in [6, 6.07) is 12.2. The molecule has 2 aromatic rings. The minimum absolute atomic E-state index is 0.255. The highest BCUT2D eigenvalue weighted by Crippen LogP contribution is 2.30. The largest absolute Gasteiger partial charge is 0.325 e. The molecule has 3 rings (SSSR count). The summed E-state index contributed by atoms with van der Waals surface area (Å²) in [5.41, 5.74) is 1.79. The van der Waals surface area contributed by atoms with Crippen LogP contribution in [0.4, 0.5) is 4.79 Å². The molecule has 0 aromatic heterocycles. The van der Waals surface area contributed by atoms with Gasteiger partial charge in [-0.3, -0.25) is 14.5 Å². The third-order valence-corrected chi connectivity index (χ3v) is 5.22. The minimum Gasteiger partial charge on any atom is -0.319 e. The molecule has 0 unspecified atom stereocenters. The molecule has 0 bridgehead atoms. The molecule has 1 aliphatic rings. The van der Waals surface area contributed by atoms with E-state index in [1.54, 1.807) is 25.1 Å². The summed E-state index contributed by atoms with van der Waals surface area (Å²) in [5, 5.41) is 2.72. The third-order valence-electron chi connectivity index (χ3n) is 4.69. The molecule has 1 N–H and O–H groups in total. The molecule has 3 amide bonds. The minimum atomic E-state index is -1.18. The second kappa shape index (κ2) is 6.68. The van der Waals surface area contributed by atoms with Crippen molar-refractivity contribution in [3.05, 3.63) is 69.2 Å². The van der Waals surface area contributed by atoms with E-state index in [1.807, 2.05) is 38.1 Å². The first-order chi connectivity index (χ1) is 12.2. The van der Waals surface area contributed by atoms with Crippen LogP contribution in [0.3, 0.4) is 0 Å². The Morgan fingerprint density at radius 2 is 1.77 bits per heavy atom. The first-order valence-corrected chi connectivity index (χ1v) is 9.02. The number of imide groups is 1. The number of carbonyl (C=O) groups is 3. The Balaban J connectivity index is 1.86. The lowest BCUT2D eigenvalue weighted by molar-refractivity contribution is -0.130. The Morgan fingerprint density at radius 3 is 2.42 bits per heavy atom. The number of benzene rings is 2. The summed E-state index contributed by atoms with van der Waals surface area (Å²) >= 11 is 3.35. The number of amides is 3. The topological polar surface area (TPSA) is 66.5 Å². The van der Waals surface area contributed by atoms with E-state index in [4.69, 9.17) is 0 Å². The molecule has 1 atom stereocenters. The maximum Gasteiger partial charge on any atom is 0.325 e. The van der Waals surface area contributed by atoms with Gasteiger partial charge in [-0.15, -0.1) is 0 Å². The number of nitrogens with one attached hydrogen (secondary N) is 1. The highest BCUT2D eigenvalue weighted by molar-refractivity contribution is 9.10. The lowest BCUT2D eigenvalue weighted by atomic mass is 9.92. The summed E-state index contributed by atoms with van der Waals surface area (Å²) in [7, 11) is 0. The zero-order valence-corrected chi connectivity index (χ0v) is 16.4. The molecule has 0 aliphatic carbocycles. The molecule has 134 valence electrons. The quantitative estimate of drug-likeness (QED) is 0.612. The zero-order valence-electron chi connectivity index (χ0n) is 14.8. The van der Waals surface area contributed by atoms with Crippen LogP contribution in [-0.2, 0) is 10.3 Å². The van der Waals surface area contributed by atoms with Crippen LogP contribution < -0.4 is 5.32 Å². The van der Waals surface area contributed by atoms with Crippen LogP contribution in [0.15, 0.2) is 46.9 Å². The van der Waals surface area contributed by atoms with Crippen molar-refractivity contribution >= 4 is 33.7 Å². The van der Waals surface area contributed by atoms with Crippen LogP contribution in [0.2, 0.25) is 0 Å². The third kappa shape index (κ3) is 3.17. The highest BCUT2D eigenvalue weighted by Gasteiger charge is 2.49. The Labute approximate surface area is 160 Å². The summed E-state index contributed by atoms with van der Waals surface area (Å²) in [5.74, 6) is -0.682. The number of hydrogen-bond donors (Lipinski definition) is 1. The Morgan fingerprint density at radius 1 is 1.12 bits per heavy atom.